The molecule has 2 aromatic carbocycles. The molecule has 0 aromatic heterocycles. The number of methoxy groups -OCH3 is 2. The van der Waals surface area contributed by atoms with E-state index in [0.717, 1.165) is 10.6 Å². The molecule has 0 spiro atoms. The first-order chi connectivity index (χ1) is 13.7. The van der Waals surface area contributed by atoms with Gasteiger partial charge in [0.2, 0.25) is 10.0 Å². The van der Waals surface area contributed by atoms with Crippen LogP contribution in [-0.4, -0.2) is 47.6 Å². The summed E-state index contributed by atoms with van der Waals surface area (Å²) in [6.07, 6.45) is 2.34. The number of para-hydroxylation sites is 1. The summed E-state index contributed by atoms with van der Waals surface area (Å²) in [6, 6.07) is 9.43. The van der Waals surface area contributed by atoms with Crippen LogP contribution in [-0.2, 0) is 14.8 Å². The van der Waals surface area contributed by atoms with E-state index in [-0.39, 0.29) is 15.7 Å². The Morgan fingerprint density at radius 1 is 1.17 bits per heavy atom. The quantitative estimate of drug-likeness (QED) is 0.483. The van der Waals surface area contributed by atoms with Crippen LogP contribution in [0.4, 0.5) is 5.69 Å². The fraction of sp³-hybridized carbons (Fsp3) is 0.222. The third kappa shape index (κ3) is 5.99. The van der Waals surface area contributed by atoms with Gasteiger partial charge in [0.15, 0.2) is 11.5 Å². The van der Waals surface area contributed by atoms with E-state index in [0.29, 0.717) is 17.1 Å². The first-order valence-electron chi connectivity index (χ1n) is 8.13. The van der Waals surface area contributed by atoms with E-state index >= 15 is 0 Å². The van der Waals surface area contributed by atoms with E-state index in [9.17, 15) is 13.2 Å². The van der Waals surface area contributed by atoms with Gasteiger partial charge in [-0.15, -0.1) is 0 Å². The average molecular weight is 460 g/mol. The second-order valence-corrected chi connectivity index (χ2v) is 8.47. The summed E-state index contributed by atoms with van der Waals surface area (Å²) in [7, 11) is -0.773. The molecule has 2 rings (SSSR count). The standard InChI is InChI=1S/C18H19Cl2N3O5S/c1-27-16-6-4-5-12(18(16)28-2)10-21-22-17(24)11-23(29(3,25)26)13-7-8-14(19)15(20)9-13/h4-10H,11H2,1-3H3,(H,22,24). The molecule has 0 aliphatic heterocycles. The number of carbonyl (C=O) groups excluding carboxylic acids is 1. The molecule has 0 fully saturated rings. The number of benzene rings is 2. The van der Waals surface area contributed by atoms with Gasteiger partial charge in [0.05, 0.1) is 42.4 Å². The van der Waals surface area contributed by atoms with E-state index in [1.807, 2.05) is 0 Å². The van der Waals surface area contributed by atoms with Crippen LogP contribution < -0.4 is 19.2 Å². The summed E-state index contributed by atoms with van der Waals surface area (Å²) in [6.45, 7) is -0.497. The Kier molecular flexibility index (Phi) is 7.72. The highest BCUT2D eigenvalue weighted by atomic mass is 35.5. The van der Waals surface area contributed by atoms with Gasteiger partial charge in [-0.25, -0.2) is 13.8 Å². The molecule has 29 heavy (non-hydrogen) atoms. The molecule has 0 heterocycles. The molecule has 8 nitrogen and oxygen atoms in total. The van der Waals surface area contributed by atoms with Crippen LogP contribution in [0, 0.1) is 0 Å². The second-order valence-electron chi connectivity index (χ2n) is 5.74. The lowest BCUT2D eigenvalue weighted by Gasteiger charge is -2.21. The van der Waals surface area contributed by atoms with Crippen molar-refractivity contribution in [1.29, 1.82) is 0 Å². The average Bonchev–Trinajstić information content (AvgIpc) is 2.67. The molecule has 0 aliphatic carbocycles. The first kappa shape index (κ1) is 22.8. The fourth-order valence-corrected chi connectivity index (χ4v) is 3.53. The van der Waals surface area contributed by atoms with E-state index in [1.54, 1.807) is 18.2 Å². The number of amides is 1. The van der Waals surface area contributed by atoms with Crippen LogP contribution in [0.25, 0.3) is 0 Å². The minimum Gasteiger partial charge on any atom is -0.493 e. The molecule has 0 aliphatic rings. The monoisotopic (exact) mass is 459 g/mol. The summed E-state index contributed by atoms with van der Waals surface area (Å²) < 4.78 is 35.6. The van der Waals surface area contributed by atoms with Crippen LogP contribution in [0.2, 0.25) is 10.0 Å². The van der Waals surface area contributed by atoms with Crippen LogP contribution in [0.1, 0.15) is 5.56 Å². The van der Waals surface area contributed by atoms with Crippen molar-refractivity contribution in [3.05, 3.63) is 52.0 Å². The highest BCUT2D eigenvalue weighted by Crippen LogP contribution is 2.30. The molecule has 2 aromatic rings. The van der Waals surface area contributed by atoms with Crippen molar-refractivity contribution in [2.24, 2.45) is 5.10 Å². The van der Waals surface area contributed by atoms with E-state index < -0.39 is 22.5 Å². The van der Waals surface area contributed by atoms with Gasteiger partial charge in [0, 0.05) is 5.56 Å². The minimum atomic E-state index is -3.76. The van der Waals surface area contributed by atoms with Gasteiger partial charge in [-0.3, -0.25) is 9.10 Å². The Morgan fingerprint density at radius 2 is 1.90 bits per heavy atom. The number of nitrogens with zero attached hydrogens (tertiary/aromatic N) is 2. The first-order valence-corrected chi connectivity index (χ1v) is 10.7. The topological polar surface area (TPSA) is 97.3 Å². The fourth-order valence-electron chi connectivity index (χ4n) is 2.39. The number of carbonyl (C=O) groups is 1. The second kappa shape index (κ2) is 9.82. The molecule has 11 heteroatoms. The maximum atomic E-state index is 12.2. The Labute approximate surface area is 179 Å². The zero-order valence-electron chi connectivity index (χ0n) is 15.8. The number of rotatable bonds is 8. The van der Waals surface area contributed by atoms with Crippen LogP contribution in [0.5, 0.6) is 11.5 Å². The van der Waals surface area contributed by atoms with Crippen molar-refractivity contribution in [3.63, 3.8) is 0 Å². The van der Waals surface area contributed by atoms with E-state index in [4.69, 9.17) is 32.7 Å². The number of nitrogens with one attached hydrogen (secondary N) is 1. The molecule has 0 saturated heterocycles. The van der Waals surface area contributed by atoms with Crippen molar-refractivity contribution in [3.8, 4) is 11.5 Å². The predicted molar refractivity (Wildman–Crippen MR) is 114 cm³/mol. The number of ether oxygens (including phenoxy) is 2. The third-order valence-corrected chi connectivity index (χ3v) is 5.58. The summed E-state index contributed by atoms with van der Waals surface area (Å²) in [5.74, 6) is 0.298. The Bertz CT molecular complexity index is 1030. The molecule has 0 unspecified atom stereocenters. The number of hydrogen-bond donors (Lipinski definition) is 1. The van der Waals surface area contributed by atoms with Gasteiger partial charge in [0.1, 0.15) is 6.54 Å². The maximum absolute atomic E-state index is 12.2. The smallest absolute Gasteiger partial charge is 0.260 e. The van der Waals surface area contributed by atoms with Crippen molar-refractivity contribution in [1.82, 2.24) is 5.43 Å². The molecular formula is C18H19Cl2N3O5S. The zero-order chi connectivity index (χ0) is 21.6. The number of hydrogen-bond acceptors (Lipinski definition) is 6. The zero-order valence-corrected chi connectivity index (χ0v) is 18.2. The Morgan fingerprint density at radius 3 is 2.48 bits per heavy atom. The van der Waals surface area contributed by atoms with Crippen LogP contribution in [0.3, 0.4) is 0 Å². The summed E-state index contributed by atoms with van der Waals surface area (Å²) >= 11 is 11.8. The van der Waals surface area contributed by atoms with Crippen molar-refractivity contribution < 1.29 is 22.7 Å². The highest BCUT2D eigenvalue weighted by molar-refractivity contribution is 7.92. The lowest BCUT2D eigenvalue weighted by molar-refractivity contribution is -0.119. The van der Waals surface area contributed by atoms with Gasteiger partial charge in [-0.2, -0.15) is 5.10 Å². The van der Waals surface area contributed by atoms with Gasteiger partial charge >= 0.3 is 0 Å². The van der Waals surface area contributed by atoms with Crippen LogP contribution >= 0.6 is 23.2 Å². The number of halogens is 2. The summed E-state index contributed by atoms with van der Waals surface area (Å²) in [5, 5.41) is 4.29. The van der Waals surface area contributed by atoms with Gasteiger partial charge in [-0.1, -0.05) is 29.3 Å². The molecule has 0 radical (unpaired) electrons. The molecule has 1 N–H and O–H groups in total. The lowest BCUT2D eigenvalue weighted by Crippen LogP contribution is -2.39. The summed E-state index contributed by atoms with van der Waals surface area (Å²) in [4.78, 5) is 12.2. The van der Waals surface area contributed by atoms with Crippen molar-refractivity contribution in [2.45, 2.75) is 0 Å². The van der Waals surface area contributed by atoms with Gasteiger partial charge < -0.3 is 9.47 Å². The predicted octanol–water partition coefficient (Wildman–Crippen LogP) is 2.93. The minimum absolute atomic E-state index is 0.168. The van der Waals surface area contributed by atoms with Crippen LogP contribution in [0.15, 0.2) is 41.5 Å². The van der Waals surface area contributed by atoms with Gasteiger partial charge in [-0.05, 0) is 30.3 Å². The molecular weight excluding hydrogens is 441 g/mol. The molecule has 0 saturated carbocycles. The van der Waals surface area contributed by atoms with E-state index in [2.05, 4.69) is 10.5 Å². The maximum Gasteiger partial charge on any atom is 0.260 e. The van der Waals surface area contributed by atoms with Gasteiger partial charge in [0.25, 0.3) is 5.91 Å². The van der Waals surface area contributed by atoms with E-state index in [1.165, 1.54) is 38.6 Å². The molecule has 1 amide bonds. The Balaban J connectivity index is 2.15. The SMILES string of the molecule is COc1cccc(C=NNC(=O)CN(c2ccc(Cl)c(Cl)c2)S(C)(=O)=O)c1OC. The molecule has 156 valence electrons. The number of hydrazone groups is 1. The molecule has 0 atom stereocenters. The highest BCUT2D eigenvalue weighted by Gasteiger charge is 2.21. The normalized spacial score (nSPS) is 11.3. The molecule has 0 bridgehead atoms. The third-order valence-electron chi connectivity index (χ3n) is 3.70. The lowest BCUT2D eigenvalue weighted by atomic mass is 10.2. The Hall–Kier alpha value is -2.49. The number of anilines is 1. The number of sulfonamides is 1. The summed E-state index contributed by atoms with van der Waals surface area (Å²) in [5.41, 5.74) is 3.06. The van der Waals surface area contributed by atoms with Crippen molar-refractivity contribution >= 4 is 51.0 Å². The van der Waals surface area contributed by atoms with Crippen molar-refractivity contribution in [2.75, 3.05) is 31.3 Å². The largest absolute Gasteiger partial charge is 0.493 e.